The van der Waals surface area contributed by atoms with Crippen LogP contribution in [0.5, 0.6) is 0 Å². The number of carbonyl (C=O) groups excluding carboxylic acids is 1. The minimum Gasteiger partial charge on any atom is -0.319 e. The van der Waals surface area contributed by atoms with Crippen LogP contribution in [0.4, 0.5) is 4.79 Å². The molecule has 1 heterocycles. The molecule has 0 bridgehead atoms. The summed E-state index contributed by atoms with van der Waals surface area (Å²) in [7, 11) is 1.79. The third kappa shape index (κ3) is 1.37. The van der Waals surface area contributed by atoms with E-state index in [2.05, 4.69) is 5.32 Å². The van der Waals surface area contributed by atoms with E-state index in [0.29, 0.717) is 0 Å². The van der Waals surface area contributed by atoms with Crippen LogP contribution < -0.4 is 5.32 Å². The molecule has 1 rings (SSSR count). The highest BCUT2D eigenvalue weighted by atomic mass is 16.2. The fourth-order valence-electron chi connectivity index (χ4n) is 1.18. The highest BCUT2D eigenvalue weighted by Crippen LogP contribution is 2.19. The van der Waals surface area contributed by atoms with Crippen LogP contribution in [0.3, 0.4) is 0 Å². The van der Waals surface area contributed by atoms with E-state index in [1.165, 1.54) is 0 Å². The predicted octanol–water partition coefficient (Wildman–Crippen LogP) is 1.32. The van der Waals surface area contributed by atoms with E-state index in [1.807, 2.05) is 26.8 Å². The van der Waals surface area contributed by atoms with Gasteiger partial charge in [0, 0.05) is 12.7 Å². The van der Waals surface area contributed by atoms with Crippen molar-refractivity contribution in [2.24, 2.45) is 0 Å². The minimum atomic E-state index is -0.160. The maximum Gasteiger partial charge on any atom is 0.321 e. The molecule has 2 amide bonds. The second-order valence-corrected chi connectivity index (χ2v) is 3.47. The van der Waals surface area contributed by atoms with Crippen molar-refractivity contribution < 1.29 is 4.79 Å². The summed E-state index contributed by atoms with van der Waals surface area (Å²) in [4.78, 5) is 12.9. The number of likely N-dealkylation sites (N-methyl/N-ethyl adjacent to an activating group) is 1. The van der Waals surface area contributed by atoms with Gasteiger partial charge in [-0.15, -0.1) is 0 Å². The average Bonchev–Trinajstić information content (AvgIpc) is 1.81. The quantitative estimate of drug-likeness (QED) is 0.560. The number of rotatable bonds is 0. The van der Waals surface area contributed by atoms with Crippen LogP contribution in [0, 0.1) is 0 Å². The molecular formula is C8H14N2O. The van der Waals surface area contributed by atoms with Gasteiger partial charge in [-0.3, -0.25) is 0 Å². The molecule has 1 N–H and O–H groups in total. The van der Waals surface area contributed by atoms with E-state index >= 15 is 0 Å². The summed E-state index contributed by atoms with van der Waals surface area (Å²) in [6.07, 6.45) is 2.04. The first-order valence-electron chi connectivity index (χ1n) is 3.68. The molecule has 0 atom stereocenters. The Bertz CT molecular complexity index is 218. The lowest BCUT2D eigenvalue weighted by molar-refractivity contribution is 0.173. The van der Waals surface area contributed by atoms with Crippen molar-refractivity contribution >= 4 is 6.03 Å². The van der Waals surface area contributed by atoms with E-state index in [4.69, 9.17) is 0 Å². The summed E-state index contributed by atoms with van der Waals surface area (Å²) in [5.74, 6) is 0. The molecule has 0 unspecified atom stereocenters. The standard InChI is InChI=1S/C8H14N2O/c1-6-5-8(2,3)10(4)7(11)9-6/h5H,1-4H3,(H,9,11). The summed E-state index contributed by atoms with van der Waals surface area (Å²) in [5.41, 5.74) is 0.768. The van der Waals surface area contributed by atoms with E-state index < -0.39 is 0 Å². The summed E-state index contributed by atoms with van der Waals surface area (Å²) < 4.78 is 0. The van der Waals surface area contributed by atoms with Gasteiger partial charge in [0.05, 0.1) is 5.54 Å². The van der Waals surface area contributed by atoms with E-state index in [0.717, 1.165) is 5.70 Å². The Balaban J connectivity index is 2.97. The monoisotopic (exact) mass is 154 g/mol. The Hall–Kier alpha value is -0.990. The molecule has 0 spiro atoms. The molecule has 0 saturated heterocycles. The zero-order valence-electron chi connectivity index (χ0n) is 7.43. The third-order valence-electron chi connectivity index (χ3n) is 2.04. The second-order valence-electron chi connectivity index (χ2n) is 3.47. The van der Waals surface area contributed by atoms with Gasteiger partial charge in [-0.2, -0.15) is 0 Å². The molecule has 3 heteroatoms. The molecule has 11 heavy (non-hydrogen) atoms. The van der Waals surface area contributed by atoms with Crippen LogP contribution in [0.25, 0.3) is 0 Å². The maximum atomic E-state index is 11.2. The van der Waals surface area contributed by atoms with Crippen molar-refractivity contribution in [2.45, 2.75) is 26.3 Å². The van der Waals surface area contributed by atoms with Crippen molar-refractivity contribution in [3.05, 3.63) is 11.8 Å². The van der Waals surface area contributed by atoms with Crippen LogP contribution in [0.2, 0.25) is 0 Å². The van der Waals surface area contributed by atoms with E-state index in [9.17, 15) is 4.79 Å². The van der Waals surface area contributed by atoms with Gasteiger partial charge in [0.25, 0.3) is 0 Å². The summed E-state index contributed by atoms with van der Waals surface area (Å²) in [5, 5.41) is 2.73. The summed E-state index contributed by atoms with van der Waals surface area (Å²) in [6, 6.07) is -0.0324. The van der Waals surface area contributed by atoms with Crippen molar-refractivity contribution in [1.29, 1.82) is 0 Å². The molecule has 62 valence electrons. The van der Waals surface area contributed by atoms with Gasteiger partial charge in [-0.1, -0.05) is 0 Å². The molecule has 0 aromatic carbocycles. The van der Waals surface area contributed by atoms with Gasteiger partial charge in [-0.05, 0) is 26.8 Å². The van der Waals surface area contributed by atoms with Crippen LogP contribution >= 0.6 is 0 Å². The Kier molecular flexibility index (Phi) is 1.66. The van der Waals surface area contributed by atoms with Gasteiger partial charge in [0.1, 0.15) is 0 Å². The van der Waals surface area contributed by atoms with Crippen LogP contribution in [0.15, 0.2) is 11.8 Å². The number of amides is 2. The molecule has 0 aromatic heterocycles. The van der Waals surface area contributed by atoms with Gasteiger partial charge < -0.3 is 10.2 Å². The topological polar surface area (TPSA) is 32.3 Å². The lowest BCUT2D eigenvalue weighted by Gasteiger charge is -2.37. The van der Waals surface area contributed by atoms with E-state index in [1.54, 1.807) is 11.9 Å². The van der Waals surface area contributed by atoms with Crippen LogP contribution in [0.1, 0.15) is 20.8 Å². The highest BCUT2D eigenvalue weighted by molar-refractivity contribution is 5.78. The smallest absolute Gasteiger partial charge is 0.319 e. The first-order valence-corrected chi connectivity index (χ1v) is 3.68. The molecule has 0 aliphatic carbocycles. The SMILES string of the molecule is CC1=CC(C)(C)N(C)C(=O)N1. The molecule has 1 aliphatic rings. The fraction of sp³-hybridized carbons (Fsp3) is 0.625. The van der Waals surface area contributed by atoms with Crippen molar-refractivity contribution in [1.82, 2.24) is 10.2 Å². The van der Waals surface area contributed by atoms with Crippen molar-refractivity contribution in [2.75, 3.05) is 7.05 Å². The lowest BCUT2D eigenvalue weighted by Crippen LogP contribution is -2.52. The lowest BCUT2D eigenvalue weighted by atomic mass is 10.0. The number of allylic oxidation sites excluding steroid dienone is 1. The predicted molar refractivity (Wildman–Crippen MR) is 44.1 cm³/mol. The first kappa shape index (κ1) is 8.11. The van der Waals surface area contributed by atoms with Gasteiger partial charge >= 0.3 is 6.03 Å². The zero-order chi connectivity index (χ0) is 8.65. The highest BCUT2D eigenvalue weighted by Gasteiger charge is 2.29. The molecule has 0 aromatic rings. The van der Waals surface area contributed by atoms with Crippen LogP contribution in [-0.4, -0.2) is 23.5 Å². The Morgan fingerprint density at radius 3 is 2.55 bits per heavy atom. The number of hydrogen-bond acceptors (Lipinski definition) is 1. The fourth-order valence-corrected chi connectivity index (χ4v) is 1.18. The number of nitrogens with one attached hydrogen (secondary N) is 1. The molecule has 0 saturated carbocycles. The Morgan fingerprint density at radius 1 is 1.55 bits per heavy atom. The van der Waals surface area contributed by atoms with E-state index in [-0.39, 0.29) is 11.6 Å². The Morgan fingerprint density at radius 2 is 2.09 bits per heavy atom. The van der Waals surface area contributed by atoms with Crippen molar-refractivity contribution in [3.63, 3.8) is 0 Å². The summed E-state index contributed by atoms with van der Waals surface area (Å²) >= 11 is 0. The van der Waals surface area contributed by atoms with Gasteiger partial charge in [0.15, 0.2) is 0 Å². The average molecular weight is 154 g/mol. The van der Waals surface area contributed by atoms with Crippen LogP contribution in [-0.2, 0) is 0 Å². The summed E-state index contributed by atoms with van der Waals surface area (Å²) in [6.45, 7) is 5.91. The first-order chi connectivity index (χ1) is 4.93. The molecule has 3 nitrogen and oxygen atoms in total. The third-order valence-corrected chi connectivity index (χ3v) is 2.04. The van der Waals surface area contributed by atoms with Gasteiger partial charge in [0.2, 0.25) is 0 Å². The minimum absolute atomic E-state index is 0.0324. The number of carbonyl (C=O) groups is 1. The number of hydrogen-bond donors (Lipinski definition) is 1. The number of nitrogens with zero attached hydrogens (tertiary/aromatic N) is 1. The number of urea groups is 1. The molecule has 1 aliphatic heterocycles. The molecule has 0 fully saturated rings. The second kappa shape index (κ2) is 2.26. The maximum absolute atomic E-state index is 11.2. The molecular weight excluding hydrogens is 140 g/mol. The largest absolute Gasteiger partial charge is 0.321 e. The zero-order valence-corrected chi connectivity index (χ0v) is 7.43. The van der Waals surface area contributed by atoms with Crippen molar-refractivity contribution in [3.8, 4) is 0 Å². The molecule has 0 radical (unpaired) electrons. The Labute approximate surface area is 67.1 Å². The van der Waals surface area contributed by atoms with Gasteiger partial charge in [-0.25, -0.2) is 4.79 Å². The normalized spacial score (nSPS) is 22.7.